The number of carboxylic acids is 1. The van der Waals surface area contributed by atoms with E-state index in [0.717, 1.165) is 17.8 Å². The van der Waals surface area contributed by atoms with Gasteiger partial charge in [0.05, 0.1) is 5.97 Å². The number of amides is 1. The Balaban J connectivity index is 1.41. The van der Waals surface area contributed by atoms with Gasteiger partial charge in [0.25, 0.3) is 0 Å². The average Bonchev–Trinajstić information content (AvgIpc) is 2.45. The van der Waals surface area contributed by atoms with E-state index in [-0.39, 0.29) is 16.9 Å². The van der Waals surface area contributed by atoms with Crippen molar-refractivity contribution < 1.29 is 14.7 Å². The van der Waals surface area contributed by atoms with Gasteiger partial charge in [-0.3, -0.25) is 4.79 Å². The van der Waals surface area contributed by atoms with E-state index in [1.54, 1.807) is 12.1 Å². The van der Waals surface area contributed by atoms with Crippen LogP contribution in [0.25, 0.3) is 0 Å². The fourth-order valence-electron chi connectivity index (χ4n) is 5.74. The molecule has 4 aliphatic rings. The van der Waals surface area contributed by atoms with Crippen molar-refractivity contribution in [1.82, 2.24) is 0 Å². The number of carboxylic acid groups (broad SMARTS) is 1. The highest BCUT2D eigenvalue weighted by Crippen LogP contribution is 2.61. The molecule has 5 rings (SSSR count). The van der Waals surface area contributed by atoms with Crippen LogP contribution in [0.4, 0.5) is 5.69 Å². The number of aromatic carboxylic acids is 1. The van der Waals surface area contributed by atoms with Crippen LogP contribution in [0.15, 0.2) is 24.3 Å². The van der Waals surface area contributed by atoms with Crippen LogP contribution >= 0.6 is 0 Å². The van der Waals surface area contributed by atoms with Gasteiger partial charge in [0.1, 0.15) is 0 Å². The Kier molecular flexibility index (Phi) is 3.43. The van der Waals surface area contributed by atoms with E-state index in [2.05, 4.69) is 5.32 Å². The van der Waals surface area contributed by atoms with Crippen molar-refractivity contribution in [2.45, 2.75) is 44.9 Å². The van der Waals surface area contributed by atoms with Crippen LogP contribution in [0.5, 0.6) is 0 Å². The zero-order chi connectivity index (χ0) is 16.0. The molecular formula is C19H22NO3-. The molecule has 4 fully saturated rings. The maximum Gasteiger partial charge on any atom is 0.224 e. The first-order valence-electron chi connectivity index (χ1n) is 8.63. The molecule has 0 heterocycles. The maximum atomic E-state index is 12.5. The van der Waals surface area contributed by atoms with Gasteiger partial charge in [0, 0.05) is 12.1 Å². The Bertz CT molecular complexity index is 599. The number of hydrogen-bond acceptors (Lipinski definition) is 3. The molecule has 0 aromatic heterocycles. The predicted molar refractivity (Wildman–Crippen MR) is 84.6 cm³/mol. The molecule has 1 N–H and O–H groups in total. The quantitative estimate of drug-likeness (QED) is 0.929. The Labute approximate surface area is 136 Å². The second kappa shape index (κ2) is 5.36. The second-order valence-electron chi connectivity index (χ2n) is 8.01. The highest BCUT2D eigenvalue weighted by atomic mass is 16.4. The summed E-state index contributed by atoms with van der Waals surface area (Å²) in [6, 6.07) is 6.19. The van der Waals surface area contributed by atoms with Crippen LogP contribution in [0.1, 0.15) is 55.3 Å². The van der Waals surface area contributed by atoms with Gasteiger partial charge in [-0.1, -0.05) is 12.1 Å². The molecule has 0 saturated heterocycles. The molecule has 4 nitrogen and oxygen atoms in total. The van der Waals surface area contributed by atoms with E-state index in [9.17, 15) is 14.7 Å². The fraction of sp³-hybridized carbons (Fsp3) is 0.579. The Morgan fingerprint density at radius 3 is 2.00 bits per heavy atom. The lowest BCUT2D eigenvalue weighted by Gasteiger charge is -2.56. The second-order valence-corrected chi connectivity index (χ2v) is 8.01. The van der Waals surface area contributed by atoms with Crippen LogP contribution in [0.3, 0.4) is 0 Å². The van der Waals surface area contributed by atoms with Crippen LogP contribution in [0.2, 0.25) is 0 Å². The highest BCUT2D eigenvalue weighted by molar-refractivity contribution is 5.92. The largest absolute Gasteiger partial charge is 0.545 e. The Morgan fingerprint density at radius 1 is 1.00 bits per heavy atom. The first-order chi connectivity index (χ1) is 11.0. The average molecular weight is 312 g/mol. The molecule has 0 spiro atoms. The molecular weight excluding hydrogens is 290 g/mol. The molecule has 0 aliphatic heterocycles. The van der Waals surface area contributed by atoms with Gasteiger partial charge in [-0.25, -0.2) is 0 Å². The topological polar surface area (TPSA) is 69.2 Å². The summed E-state index contributed by atoms with van der Waals surface area (Å²) < 4.78 is 0. The molecule has 1 aromatic rings. The third kappa shape index (κ3) is 2.87. The van der Waals surface area contributed by atoms with E-state index in [0.29, 0.717) is 12.1 Å². The van der Waals surface area contributed by atoms with Crippen LogP contribution in [-0.4, -0.2) is 11.9 Å². The summed E-state index contributed by atoms with van der Waals surface area (Å²) in [6.07, 6.45) is 8.41. The fourth-order valence-corrected chi connectivity index (χ4v) is 5.74. The van der Waals surface area contributed by atoms with E-state index in [1.165, 1.54) is 50.7 Å². The molecule has 0 atom stereocenters. The number of anilines is 1. The summed E-state index contributed by atoms with van der Waals surface area (Å²) >= 11 is 0. The predicted octanol–water partition coefficient (Wildman–Crippen LogP) is 2.60. The summed E-state index contributed by atoms with van der Waals surface area (Å²) in [5, 5.41) is 13.7. The van der Waals surface area contributed by atoms with Crippen molar-refractivity contribution in [3.63, 3.8) is 0 Å². The number of benzene rings is 1. The number of nitrogens with one attached hydrogen (secondary N) is 1. The first-order valence-corrected chi connectivity index (χ1v) is 8.63. The SMILES string of the molecule is O=C(CC12CC3CC(CC(C3)C1)C2)Nc1ccc(C(=O)[O-])cc1. The molecule has 4 saturated carbocycles. The molecule has 1 aromatic carbocycles. The van der Waals surface area contributed by atoms with Gasteiger partial charge in [-0.15, -0.1) is 0 Å². The Hall–Kier alpha value is -1.84. The van der Waals surface area contributed by atoms with Gasteiger partial charge >= 0.3 is 0 Å². The maximum absolute atomic E-state index is 12.5. The van der Waals surface area contributed by atoms with E-state index in [1.807, 2.05) is 0 Å². The third-order valence-corrected chi connectivity index (χ3v) is 6.10. The van der Waals surface area contributed by atoms with Crippen molar-refractivity contribution in [1.29, 1.82) is 0 Å². The lowest BCUT2D eigenvalue weighted by atomic mass is 9.49. The number of carbonyl (C=O) groups is 2. The van der Waals surface area contributed by atoms with Crippen molar-refractivity contribution in [3.8, 4) is 0 Å². The lowest BCUT2D eigenvalue weighted by Crippen LogP contribution is -2.47. The summed E-state index contributed by atoms with van der Waals surface area (Å²) in [4.78, 5) is 23.2. The number of carbonyl (C=O) groups excluding carboxylic acids is 2. The third-order valence-electron chi connectivity index (χ3n) is 6.10. The molecule has 4 aliphatic carbocycles. The zero-order valence-electron chi connectivity index (χ0n) is 13.2. The van der Waals surface area contributed by atoms with Crippen LogP contribution < -0.4 is 10.4 Å². The Morgan fingerprint density at radius 2 is 1.52 bits per heavy atom. The summed E-state index contributed by atoms with van der Waals surface area (Å²) in [7, 11) is 0. The lowest BCUT2D eigenvalue weighted by molar-refractivity contribution is -0.255. The highest BCUT2D eigenvalue weighted by Gasteiger charge is 2.51. The monoisotopic (exact) mass is 312 g/mol. The minimum atomic E-state index is -1.20. The minimum Gasteiger partial charge on any atom is -0.545 e. The van der Waals surface area contributed by atoms with E-state index >= 15 is 0 Å². The van der Waals surface area contributed by atoms with E-state index in [4.69, 9.17) is 0 Å². The van der Waals surface area contributed by atoms with Gasteiger partial charge in [0.15, 0.2) is 0 Å². The number of rotatable bonds is 4. The van der Waals surface area contributed by atoms with Gasteiger partial charge in [0.2, 0.25) is 5.91 Å². The standard InChI is InChI=1S/C19H23NO3/c21-17(20-16-3-1-15(2-4-16)18(22)23)11-19-8-12-5-13(9-19)7-14(6-12)10-19/h1-4,12-14H,5-11H2,(H,20,21)(H,22,23)/p-1. The van der Waals surface area contributed by atoms with Gasteiger partial charge in [-0.2, -0.15) is 0 Å². The van der Waals surface area contributed by atoms with Gasteiger partial charge in [-0.05, 0) is 79.4 Å². The van der Waals surface area contributed by atoms with E-state index < -0.39 is 5.97 Å². The van der Waals surface area contributed by atoms with Crippen molar-refractivity contribution >= 4 is 17.6 Å². The van der Waals surface area contributed by atoms with Crippen LogP contribution in [0, 0.1) is 23.2 Å². The normalized spacial score (nSPS) is 34.3. The summed E-state index contributed by atoms with van der Waals surface area (Å²) in [5.41, 5.74) is 1.01. The molecule has 23 heavy (non-hydrogen) atoms. The van der Waals surface area contributed by atoms with Crippen molar-refractivity contribution in [2.24, 2.45) is 23.2 Å². The van der Waals surface area contributed by atoms with Crippen LogP contribution in [-0.2, 0) is 4.79 Å². The first kappa shape index (κ1) is 14.7. The smallest absolute Gasteiger partial charge is 0.224 e. The molecule has 0 unspecified atom stereocenters. The van der Waals surface area contributed by atoms with Crippen molar-refractivity contribution in [2.75, 3.05) is 5.32 Å². The molecule has 4 heteroatoms. The molecule has 122 valence electrons. The van der Waals surface area contributed by atoms with Crippen molar-refractivity contribution in [3.05, 3.63) is 29.8 Å². The van der Waals surface area contributed by atoms with Gasteiger partial charge < -0.3 is 15.2 Å². The zero-order valence-corrected chi connectivity index (χ0v) is 13.2. The summed E-state index contributed by atoms with van der Waals surface area (Å²) in [5.74, 6) is 1.40. The molecule has 1 amide bonds. The minimum absolute atomic E-state index is 0.0631. The molecule has 4 bridgehead atoms. The summed E-state index contributed by atoms with van der Waals surface area (Å²) in [6.45, 7) is 0. The molecule has 0 radical (unpaired) electrons. The number of hydrogen-bond donors (Lipinski definition) is 1.